The van der Waals surface area contributed by atoms with Crippen LogP contribution in [0, 0.1) is 6.92 Å². The normalized spacial score (nSPS) is 12.6. The van der Waals surface area contributed by atoms with E-state index in [1.807, 2.05) is 36.9 Å². The quantitative estimate of drug-likeness (QED) is 0.859. The second kappa shape index (κ2) is 5.10. The summed E-state index contributed by atoms with van der Waals surface area (Å²) in [5.41, 5.74) is 9.38. The molecule has 0 spiro atoms. The molecule has 4 nitrogen and oxygen atoms in total. The molecule has 0 saturated heterocycles. The number of aryl methyl sites for hydroxylation is 2. The van der Waals surface area contributed by atoms with E-state index in [-0.39, 0.29) is 6.04 Å². The van der Waals surface area contributed by atoms with E-state index < -0.39 is 0 Å². The van der Waals surface area contributed by atoms with Gasteiger partial charge in [-0.1, -0.05) is 6.07 Å². The van der Waals surface area contributed by atoms with Crippen molar-refractivity contribution in [2.24, 2.45) is 12.8 Å². The number of pyridine rings is 1. The van der Waals surface area contributed by atoms with Crippen molar-refractivity contribution in [2.45, 2.75) is 25.8 Å². The summed E-state index contributed by atoms with van der Waals surface area (Å²) in [5.74, 6) is 0. The van der Waals surface area contributed by atoms with E-state index in [0.29, 0.717) is 0 Å². The van der Waals surface area contributed by atoms with Crippen LogP contribution < -0.4 is 5.73 Å². The lowest BCUT2D eigenvalue weighted by Gasteiger charge is -2.10. The van der Waals surface area contributed by atoms with Crippen LogP contribution in [0.4, 0.5) is 0 Å². The van der Waals surface area contributed by atoms with Gasteiger partial charge in [0.15, 0.2) is 0 Å². The summed E-state index contributed by atoms with van der Waals surface area (Å²) in [4.78, 5) is 4.29. The van der Waals surface area contributed by atoms with Crippen molar-refractivity contribution in [3.05, 3.63) is 47.5 Å². The minimum Gasteiger partial charge on any atom is -0.327 e. The van der Waals surface area contributed by atoms with E-state index in [9.17, 15) is 0 Å². The van der Waals surface area contributed by atoms with Crippen LogP contribution >= 0.6 is 0 Å². The first kappa shape index (κ1) is 11.8. The molecular formula is C13H18N4. The molecule has 2 rings (SSSR count). The Morgan fingerprint density at radius 3 is 2.76 bits per heavy atom. The van der Waals surface area contributed by atoms with Gasteiger partial charge in [-0.05, 0) is 25.1 Å². The van der Waals surface area contributed by atoms with Crippen LogP contribution in [0.15, 0.2) is 30.5 Å². The highest BCUT2D eigenvalue weighted by molar-refractivity contribution is 5.12. The molecule has 1 atom stereocenters. The summed E-state index contributed by atoms with van der Waals surface area (Å²) < 4.78 is 1.90. The third-order valence-corrected chi connectivity index (χ3v) is 2.77. The van der Waals surface area contributed by atoms with Gasteiger partial charge in [0.2, 0.25) is 0 Å². The largest absolute Gasteiger partial charge is 0.327 e. The third kappa shape index (κ3) is 3.14. The first-order valence-electron chi connectivity index (χ1n) is 5.80. The van der Waals surface area contributed by atoms with Gasteiger partial charge in [-0.3, -0.25) is 9.67 Å². The van der Waals surface area contributed by atoms with Crippen molar-refractivity contribution in [3.8, 4) is 0 Å². The monoisotopic (exact) mass is 230 g/mol. The summed E-state index contributed by atoms with van der Waals surface area (Å²) in [7, 11) is 1.95. The molecule has 0 aliphatic rings. The molecule has 1 unspecified atom stereocenters. The molecule has 4 heteroatoms. The van der Waals surface area contributed by atoms with Crippen molar-refractivity contribution in [1.82, 2.24) is 14.8 Å². The standard InChI is InChI=1S/C13H18N4/c1-10-7-13(17(2)16-10)9-11(14)8-12-5-3-4-6-15-12/h3-7,11H,8-9,14H2,1-2H3. The Hall–Kier alpha value is -1.68. The van der Waals surface area contributed by atoms with Gasteiger partial charge < -0.3 is 5.73 Å². The maximum Gasteiger partial charge on any atom is 0.0596 e. The summed E-state index contributed by atoms with van der Waals surface area (Å²) >= 11 is 0. The lowest BCUT2D eigenvalue weighted by Crippen LogP contribution is -2.27. The van der Waals surface area contributed by atoms with Crippen LogP contribution in [0.3, 0.4) is 0 Å². The highest BCUT2D eigenvalue weighted by atomic mass is 15.3. The molecule has 0 aliphatic carbocycles. The fourth-order valence-corrected chi connectivity index (χ4v) is 1.98. The van der Waals surface area contributed by atoms with Crippen LogP contribution in [0.1, 0.15) is 17.1 Å². The summed E-state index contributed by atoms with van der Waals surface area (Å²) in [6.07, 6.45) is 3.43. The Morgan fingerprint density at radius 1 is 1.35 bits per heavy atom. The van der Waals surface area contributed by atoms with E-state index in [4.69, 9.17) is 5.73 Å². The zero-order valence-corrected chi connectivity index (χ0v) is 10.3. The number of nitrogens with two attached hydrogens (primary N) is 1. The maximum atomic E-state index is 6.13. The highest BCUT2D eigenvalue weighted by Crippen LogP contribution is 2.07. The first-order chi connectivity index (χ1) is 8.15. The van der Waals surface area contributed by atoms with Crippen LogP contribution in [0.5, 0.6) is 0 Å². The smallest absolute Gasteiger partial charge is 0.0596 e. The molecule has 2 N–H and O–H groups in total. The van der Waals surface area contributed by atoms with E-state index >= 15 is 0 Å². The molecule has 0 radical (unpaired) electrons. The van der Waals surface area contributed by atoms with Crippen LogP contribution in [-0.4, -0.2) is 20.8 Å². The maximum absolute atomic E-state index is 6.13. The lowest BCUT2D eigenvalue weighted by atomic mass is 10.1. The third-order valence-electron chi connectivity index (χ3n) is 2.77. The topological polar surface area (TPSA) is 56.7 Å². The van der Waals surface area contributed by atoms with Gasteiger partial charge in [0.1, 0.15) is 0 Å². The molecule has 0 bridgehead atoms. The molecule has 0 saturated carbocycles. The fourth-order valence-electron chi connectivity index (χ4n) is 1.98. The molecule has 17 heavy (non-hydrogen) atoms. The Morgan fingerprint density at radius 2 is 2.18 bits per heavy atom. The predicted molar refractivity (Wildman–Crippen MR) is 67.6 cm³/mol. The summed E-state index contributed by atoms with van der Waals surface area (Å²) in [5, 5.41) is 4.32. The molecular weight excluding hydrogens is 212 g/mol. The lowest BCUT2D eigenvalue weighted by molar-refractivity contribution is 0.607. The van der Waals surface area contributed by atoms with Gasteiger partial charge >= 0.3 is 0 Å². The van der Waals surface area contributed by atoms with Crippen LogP contribution in [0.2, 0.25) is 0 Å². The van der Waals surface area contributed by atoms with Crippen molar-refractivity contribution >= 4 is 0 Å². The van der Waals surface area contributed by atoms with Crippen molar-refractivity contribution in [1.29, 1.82) is 0 Å². The Bertz CT molecular complexity index is 475. The number of rotatable bonds is 4. The van der Waals surface area contributed by atoms with E-state index in [1.165, 1.54) is 5.69 Å². The summed E-state index contributed by atoms with van der Waals surface area (Å²) in [6, 6.07) is 8.08. The molecule has 2 heterocycles. The zero-order valence-electron chi connectivity index (χ0n) is 10.3. The molecule has 0 aliphatic heterocycles. The second-order valence-corrected chi connectivity index (χ2v) is 4.39. The average molecular weight is 230 g/mol. The van der Waals surface area contributed by atoms with Gasteiger partial charge in [-0.2, -0.15) is 5.10 Å². The van der Waals surface area contributed by atoms with Gasteiger partial charge in [-0.15, -0.1) is 0 Å². The Kier molecular flexibility index (Phi) is 3.54. The number of nitrogens with zero attached hydrogens (tertiary/aromatic N) is 3. The molecule has 0 aromatic carbocycles. The Balaban J connectivity index is 1.98. The van der Waals surface area contributed by atoms with Gasteiger partial charge in [0, 0.05) is 43.5 Å². The molecule has 0 fully saturated rings. The molecule has 2 aromatic heterocycles. The van der Waals surface area contributed by atoms with Crippen molar-refractivity contribution in [3.63, 3.8) is 0 Å². The minimum atomic E-state index is 0.0831. The number of hydrogen-bond donors (Lipinski definition) is 1. The van der Waals surface area contributed by atoms with Crippen molar-refractivity contribution < 1.29 is 0 Å². The Labute approximate surface area is 101 Å². The molecule has 90 valence electrons. The number of aromatic nitrogens is 3. The molecule has 0 amide bonds. The van der Waals surface area contributed by atoms with E-state index in [1.54, 1.807) is 6.20 Å². The fraction of sp³-hybridized carbons (Fsp3) is 0.385. The zero-order chi connectivity index (χ0) is 12.3. The predicted octanol–water partition coefficient (Wildman–Crippen LogP) is 1.24. The van der Waals surface area contributed by atoms with Gasteiger partial charge in [-0.25, -0.2) is 0 Å². The SMILES string of the molecule is Cc1cc(CC(N)Cc2ccccn2)n(C)n1. The minimum absolute atomic E-state index is 0.0831. The summed E-state index contributed by atoms with van der Waals surface area (Å²) in [6.45, 7) is 1.99. The van der Waals surface area contributed by atoms with E-state index in [2.05, 4.69) is 16.1 Å². The number of hydrogen-bond acceptors (Lipinski definition) is 3. The second-order valence-electron chi connectivity index (χ2n) is 4.39. The van der Waals surface area contributed by atoms with Gasteiger partial charge in [0.25, 0.3) is 0 Å². The van der Waals surface area contributed by atoms with E-state index in [0.717, 1.165) is 24.2 Å². The molecule has 2 aromatic rings. The van der Waals surface area contributed by atoms with Crippen LogP contribution in [-0.2, 0) is 19.9 Å². The van der Waals surface area contributed by atoms with Gasteiger partial charge in [0.05, 0.1) is 5.69 Å². The highest BCUT2D eigenvalue weighted by Gasteiger charge is 2.09. The first-order valence-corrected chi connectivity index (χ1v) is 5.80. The van der Waals surface area contributed by atoms with Crippen molar-refractivity contribution in [2.75, 3.05) is 0 Å². The van der Waals surface area contributed by atoms with Crippen LogP contribution in [0.25, 0.3) is 0 Å². The average Bonchev–Trinajstić information content (AvgIpc) is 2.58.